The van der Waals surface area contributed by atoms with Crippen molar-refractivity contribution >= 4 is 29.4 Å². The fourth-order valence-corrected chi connectivity index (χ4v) is 2.80. The van der Waals surface area contributed by atoms with E-state index >= 15 is 0 Å². The van der Waals surface area contributed by atoms with Gasteiger partial charge in [0.2, 0.25) is 0 Å². The van der Waals surface area contributed by atoms with Gasteiger partial charge in [0.1, 0.15) is 23.5 Å². The first-order valence-corrected chi connectivity index (χ1v) is 8.19. The lowest BCUT2D eigenvalue weighted by Gasteiger charge is -2.01. The third-order valence-corrected chi connectivity index (χ3v) is 4.16. The molecule has 4 nitrogen and oxygen atoms in total. The van der Waals surface area contributed by atoms with E-state index in [0.29, 0.717) is 10.5 Å². The maximum absolute atomic E-state index is 12.3. The third-order valence-electron chi connectivity index (χ3n) is 3.94. The smallest absolute Gasteiger partial charge is 0.190 e. The van der Waals surface area contributed by atoms with Crippen LogP contribution in [0, 0.1) is 0 Å². The highest BCUT2D eigenvalue weighted by Gasteiger charge is 2.10. The van der Waals surface area contributed by atoms with Crippen molar-refractivity contribution in [2.24, 2.45) is 0 Å². The Labute approximate surface area is 149 Å². The van der Waals surface area contributed by atoms with Crippen LogP contribution in [0.1, 0.15) is 5.56 Å². The molecule has 4 aromatic rings. The predicted octanol–water partition coefficient (Wildman–Crippen LogP) is 3.64. The molecule has 0 fully saturated rings. The monoisotopic (exact) mass is 347 g/mol. The van der Waals surface area contributed by atoms with Crippen LogP contribution in [-0.2, 0) is 0 Å². The topological polar surface area (TPSA) is 44.2 Å². The van der Waals surface area contributed by atoms with E-state index in [1.165, 1.54) is 14.8 Å². The first-order chi connectivity index (χ1) is 12.2. The summed E-state index contributed by atoms with van der Waals surface area (Å²) in [5.74, 6) is -0.186. The number of rotatable bonds is 3. The third kappa shape index (κ3) is 3.12. The van der Waals surface area contributed by atoms with Crippen LogP contribution in [0.25, 0.3) is 28.9 Å². The summed E-state index contributed by atoms with van der Waals surface area (Å²) in [6.07, 6.45) is 5.11. The minimum absolute atomic E-state index is 0.186. The molecule has 0 N–H and O–H groups in total. The molecule has 0 spiro atoms. The van der Waals surface area contributed by atoms with E-state index in [9.17, 15) is 5.11 Å². The van der Waals surface area contributed by atoms with Crippen molar-refractivity contribution in [1.82, 2.24) is 9.73 Å². The zero-order valence-electron chi connectivity index (χ0n) is 13.2. The van der Waals surface area contributed by atoms with Crippen molar-refractivity contribution in [3.8, 4) is 17.0 Å². The molecule has 0 amide bonds. The first kappa shape index (κ1) is 15.4. The van der Waals surface area contributed by atoms with Crippen LogP contribution in [0.3, 0.4) is 0 Å². The molecule has 0 bridgehead atoms. The first-order valence-electron chi connectivity index (χ1n) is 7.81. The molecule has 0 atom stereocenters. The molecule has 4 rings (SSSR count). The summed E-state index contributed by atoms with van der Waals surface area (Å²) in [4.78, 5) is 0. The number of halogens is 1. The second-order valence-electron chi connectivity index (χ2n) is 5.62. The molecule has 0 aliphatic rings. The summed E-state index contributed by atoms with van der Waals surface area (Å²) in [7, 11) is 0. The van der Waals surface area contributed by atoms with E-state index in [1.54, 1.807) is 24.5 Å². The molecule has 2 aromatic carbocycles. The average molecular weight is 348 g/mol. The van der Waals surface area contributed by atoms with Crippen LogP contribution in [0.15, 0.2) is 72.9 Å². The number of benzene rings is 2. The van der Waals surface area contributed by atoms with Gasteiger partial charge in [0.15, 0.2) is 5.52 Å². The molecule has 0 saturated heterocycles. The van der Waals surface area contributed by atoms with Crippen molar-refractivity contribution in [2.75, 3.05) is 0 Å². The molecule has 0 aliphatic heterocycles. The highest BCUT2D eigenvalue weighted by Crippen LogP contribution is 2.20. The summed E-state index contributed by atoms with van der Waals surface area (Å²) >= 11 is 5.93. The average Bonchev–Trinajstić information content (AvgIpc) is 2.96. The maximum Gasteiger partial charge on any atom is 0.190 e. The van der Waals surface area contributed by atoms with E-state index in [0.717, 1.165) is 11.1 Å². The lowest BCUT2D eigenvalue weighted by atomic mass is 10.0. The van der Waals surface area contributed by atoms with Crippen LogP contribution in [0.5, 0.6) is 5.88 Å². The van der Waals surface area contributed by atoms with Gasteiger partial charge in [-0.15, -0.1) is 9.20 Å². The summed E-state index contributed by atoms with van der Waals surface area (Å²) in [6, 6.07) is 21.7. The SMILES string of the molecule is [O-]c1c2ccc(Cl)cn2n[n+]1/C=C/c1ccc(-c2ccccc2)cc1. The second-order valence-corrected chi connectivity index (χ2v) is 6.06. The fraction of sp³-hybridized carbons (Fsp3) is 0. The van der Waals surface area contributed by atoms with Gasteiger partial charge in [0, 0.05) is 0 Å². The molecule has 0 aliphatic carbocycles. The Bertz CT molecular complexity index is 1050. The van der Waals surface area contributed by atoms with Crippen molar-refractivity contribution in [3.05, 3.63) is 83.5 Å². The largest absolute Gasteiger partial charge is 0.837 e. The highest BCUT2D eigenvalue weighted by atomic mass is 35.5. The summed E-state index contributed by atoms with van der Waals surface area (Å²) in [5, 5.41) is 17.0. The molecule has 122 valence electrons. The van der Waals surface area contributed by atoms with Crippen LogP contribution in [0.4, 0.5) is 0 Å². The van der Waals surface area contributed by atoms with Crippen LogP contribution < -0.4 is 9.79 Å². The van der Waals surface area contributed by atoms with Crippen molar-refractivity contribution in [3.63, 3.8) is 0 Å². The molecule has 25 heavy (non-hydrogen) atoms. The van der Waals surface area contributed by atoms with Crippen molar-refractivity contribution < 1.29 is 9.79 Å². The van der Waals surface area contributed by atoms with Gasteiger partial charge in [-0.1, -0.05) is 66.2 Å². The van der Waals surface area contributed by atoms with Crippen LogP contribution in [0.2, 0.25) is 5.02 Å². The molecule has 0 radical (unpaired) electrons. The minimum atomic E-state index is -0.186. The normalized spacial score (nSPS) is 11.4. The van der Waals surface area contributed by atoms with E-state index in [2.05, 4.69) is 29.5 Å². The number of pyridine rings is 1. The van der Waals surface area contributed by atoms with Gasteiger partial charge in [-0.2, -0.15) is 0 Å². The number of nitrogens with zero attached hydrogens (tertiary/aromatic N) is 3. The van der Waals surface area contributed by atoms with Crippen LogP contribution >= 0.6 is 11.6 Å². The lowest BCUT2D eigenvalue weighted by molar-refractivity contribution is -0.679. The van der Waals surface area contributed by atoms with Gasteiger partial charge in [-0.25, -0.2) is 0 Å². The summed E-state index contributed by atoms with van der Waals surface area (Å²) in [6.45, 7) is 0. The maximum atomic E-state index is 12.3. The molecule has 2 heterocycles. The standard InChI is InChI=1S/C20H14ClN3O/c21-18-10-11-19-20(25)23(22-24(19)14-18)13-12-15-6-8-17(9-7-15)16-4-2-1-3-5-16/h1-14H/b13-12+. The van der Waals surface area contributed by atoms with Crippen LogP contribution in [-0.4, -0.2) is 9.73 Å². The number of hydrogen-bond acceptors (Lipinski definition) is 2. The van der Waals surface area contributed by atoms with Gasteiger partial charge in [-0.3, -0.25) is 0 Å². The van der Waals surface area contributed by atoms with Gasteiger partial charge >= 0.3 is 0 Å². The number of fused-ring (bicyclic) bond motifs is 1. The van der Waals surface area contributed by atoms with E-state index in [-0.39, 0.29) is 5.88 Å². The van der Waals surface area contributed by atoms with Gasteiger partial charge in [0.25, 0.3) is 0 Å². The quantitative estimate of drug-likeness (QED) is 0.531. The van der Waals surface area contributed by atoms with Gasteiger partial charge < -0.3 is 5.11 Å². The van der Waals surface area contributed by atoms with E-state index < -0.39 is 0 Å². The predicted molar refractivity (Wildman–Crippen MR) is 96.9 cm³/mol. The highest BCUT2D eigenvalue weighted by molar-refractivity contribution is 6.30. The van der Waals surface area contributed by atoms with E-state index in [1.807, 2.05) is 36.4 Å². The minimum Gasteiger partial charge on any atom is -0.837 e. The molecule has 0 unspecified atom stereocenters. The molecule has 0 saturated carbocycles. The van der Waals surface area contributed by atoms with Crippen molar-refractivity contribution in [2.45, 2.75) is 0 Å². The van der Waals surface area contributed by atoms with Crippen molar-refractivity contribution in [1.29, 1.82) is 0 Å². The molecule has 2 aromatic heterocycles. The number of hydrogen-bond donors (Lipinski definition) is 0. The Balaban J connectivity index is 1.61. The Hall–Kier alpha value is -3.11. The summed E-state index contributed by atoms with van der Waals surface area (Å²) < 4.78 is 2.78. The van der Waals surface area contributed by atoms with E-state index in [4.69, 9.17) is 11.6 Å². The fourth-order valence-electron chi connectivity index (χ4n) is 2.64. The second kappa shape index (κ2) is 6.42. The Morgan fingerprint density at radius 1 is 0.920 bits per heavy atom. The number of aromatic nitrogens is 3. The Kier molecular flexibility index (Phi) is 3.96. The lowest BCUT2D eigenvalue weighted by Crippen LogP contribution is -2.31. The Morgan fingerprint density at radius 3 is 2.40 bits per heavy atom. The zero-order valence-corrected chi connectivity index (χ0v) is 14.0. The Morgan fingerprint density at radius 2 is 1.64 bits per heavy atom. The van der Waals surface area contributed by atoms with Gasteiger partial charge in [0.05, 0.1) is 5.02 Å². The van der Waals surface area contributed by atoms with Gasteiger partial charge in [-0.05, 0) is 34.9 Å². The molecule has 5 heteroatoms. The summed E-state index contributed by atoms with van der Waals surface area (Å²) in [5.41, 5.74) is 3.79. The zero-order chi connectivity index (χ0) is 17.2. The molecular formula is C20H14ClN3O. The molecular weight excluding hydrogens is 334 g/mol.